The van der Waals surface area contributed by atoms with Gasteiger partial charge in [0.25, 0.3) is 5.91 Å². The predicted octanol–water partition coefficient (Wildman–Crippen LogP) is 2.69. The summed E-state index contributed by atoms with van der Waals surface area (Å²) in [5, 5.41) is 21.1. The second-order valence-corrected chi connectivity index (χ2v) is 8.77. The van der Waals surface area contributed by atoms with Crippen molar-refractivity contribution in [2.75, 3.05) is 13.1 Å². The highest BCUT2D eigenvalue weighted by Crippen LogP contribution is 2.31. The van der Waals surface area contributed by atoms with Crippen LogP contribution in [-0.2, 0) is 13.6 Å². The van der Waals surface area contributed by atoms with Gasteiger partial charge in [-0.1, -0.05) is 0 Å². The highest BCUT2D eigenvalue weighted by molar-refractivity contribution is 7.97. The Hall–Kier alpha value is -3.08. The van der Waals surface area contributed by atoms with Crippen molar-refractivity contribution < 1.29 is 18.7 Å². The second kappa shape index (κ2) is 8.81. The molecule has 1 aliphatic heterocycles. The zero-order chi connectivity index (χ0) is 23.0. The number of carbonyl (C=O) groups excluding carboxylic acids is 1. The maximum atomic E-state index is 14.3. The van der Waals surface area contributed by atoms with Gasteiger partial charge in [-0.2, -0.15) is 0 Å². The number of fused-ring (bicyclic) bond motifs is 1. The molecule has 10 heteroatoms. The molecule has 0 saturated carbocycles. The van der Waals surface area contributed by atoms with Crippen LogP contribution in [0.15, 0.2) is 51.1 Å². The van der Waals surface area contributed by atoms with E-state index in [1.165, 1.54) is 24.3 Å². The van der Waals surface area contributed by atoms with Crippen molar-refractivity contribution in [1.82, 2.24) is 14.2 Å². The number of nitrogens with two attached hydrogens (primary N) is 1. The van der Waals surface area contributed by atoms with Crippen molar-refractivity contribution in [2.24, 2.45) is 12.8 Å². The number of hydrogen-bond acceptors (Lipinski definition) is 7. The van der Waals surface area contributed by atoms with E-state index in [0.717, 1.165) is 16.8 Å². The zero-order valence-electron chi connectivity index (χ0n) is 17.7. The Balaban J connectivity index is 1.50. The highest BCUT2D eigenvalue weighted by atomic mass is 32.2. The van der Waals surface area contributed by atoms with Crippen molar-refractivity contribution in [1.29, 1.82) is 5.41 Å². The van der Waals surface area contributed by atoms with Gasteiger partial charge in [-0.05, 0) is 43.1 Å². The molecule has 32 heavy (non-hydrogen) atoms. The topological polar surface area (TPSA) is 121 Å². The third-order valence-electron chi connectivity index (χ3n) is 5.69. The molecule has 0 saturated heterocycles. The number of hydrogen-bond donors (Lipinski definition) is 4. The number of halogens is 1. The van der Waals surface area contributed by atoms with Gasteiger partial charge >= 0.3 is 0 Å². The molecular formula is C22H24FN5O3S. The molecule has 4 rings (SSSR count). The van der Waals surface area contributed by atoms with Crippen LogP contribution < -0.4 is 11.1 Å². The average molecular weight is 458 g/mol. The van der Waals surface area contributed by atoms with E-state index in [1.54, 1.807) is 29.8 Å². The van der Waals surface area contributed by atoms with Gasteiger partial charge in [-0.15, -0.1) is 0 Å². The molecular weight excluding hydrogens is 433 g/mol. The van der Waals surface area contributed by atoms with E-state index in [1.807, 2.05) is 11.2 Å². The van der Waals surface area contributed by atoms with Crippen molar-refractivity contribution in [3.63, 3.8) is 0 Å². The Labute approximate surface area is 188 Å². The number of nitrogens with zero attached hydrogens (tertiary/aromatic N) is 2. The number of furan rings is 1. The lowest BCUT2D eigenvalue weighted by Crippen LogP contribution is -2.39. The first-order valence-corrected chi connectivity index (χ1v) is 10.8. The van der Waals surface area contributed by atoms with E-state index in [2.05, 4.69) is 5.32 Å². The molecule has 1 atom stereocenters. The van der Waals surface area contributed by atoms with Crippen LogP contribution in [0.25, 0.3) is 11.0 Å². The van der Waals surface area contributed by atoms with Crippen molar-refractivity contribution in [3.05, 3.63) is 64.6 Å². The van der Waals surface area contributed by atoms with Crippen LogP contribution in [0.5, 0.6) is 0 Å². The number of nitrogens with one attached hydrogen (secondary N) is 2. The Morgan fingerprint density at radius 1 is 1.47 bits per heavy atom. The van der Waals surface area contributed by atoms with Gasteiger partial charge in [0.15, 0.2) is 0 Å². The molecule has 5 N–H and O–H groups in total. The smallest absolute Gasteiger partial charge is 0.268 e. The molecule has 1 aromatic carbocycles. The van der Waals surface area contributed by atoms with E-state index in [4.69, 9.17) is 15.6 Å². The average Bonchev–Trinajstić information content (AvgIpc) is 3.35. The van der Waals surface area contributed by atoms with Gasteiger partial charge in [-0.3, -0.25) is 4.79 Å². The number of carbonyl (C=O) groups is 1. The van der Waals surface area contributed by atoms with Crippen LogP contribution in [0, 0.1) is 18.2 Å². The molecule has 1 amide bonds. The lowest BCUT2D eigenvalue weighted by molar-refractivity contribution is 0.0942. The maximum Gasteiger partial charge on any atom is 0.268 e. The fourth-order valence-corrected chi connectivity index (χ4v) is 4.82. The molecule has 1 unspecified atom stereocenters. The standard InChI is InChI=1S/C22H24FN5O3S/c1-12-20(32-28-10-13(8-24)21(25)18(29)11-28)7-17(27(12)2)22(30)26-9-15-14-5-6-31-19(14)4-3-16(15)23/h3-8,18,24,29H,9-11,25H2,1-2H3,(H,26,30). The SMILES string of the molecule is Cc1c(SN2CC(C=N)=C(N)C(O)C2)cc(C(=O)NCc2c(F)ccc3occc23)n1C. The number of benzene rings is 1. The zero-order valence-corrected chi connectivity index (χ0v) is 18.5. The van der Waals surface area contributed by atoms with E-state index >= 15 is 0 Å². The van der Waals surface area contributed by atoms with Crippen LogP contribution in [0.4, 0.5) is 4.39 Å². The minimum absolute atomic E-state index is 0.0271. The normalized spacial score (nSPS) is 17.2. The van der Waals surface area contributed by atoms with Gasteiger partial charge in [0.05, 0.1) is 6.26 Å². The molecule has 0 radical (unpaired) electrons. The Morgan fingerprint density at radius 2 is 2.25 bits per heavy atom. The molecule has 0 aliphatic carbocycles. The van der Waals surface area contributed by atoms with Crippen molar-refractivity contribution in [3.8, 4) is 0 Å². The summed E-state index contributed by atoms with van der Waals surface area (Å²) in [6, 6.07) is 6.33. The van der Waals surface area contributed by atoms with E-state index in [-0.39, 0.29) is 12.5 Å². The summed E-state index contributed by atoms with van der Waals surface area (Å²) in [5.74, 6) is -0.734. The number of amides is 1. The molecule has 0 bridgehead atoms. The summed E-state index contributed by atoms with van der Waals surface area (Å²) in [5.41, 5.74) is 8.99. The summed E-state index contributed by atoms with van der Waals surface area (Å²) >= 11 is 1.40. The van der Waals surface area contributed by atoms with Gasteiger partial charge in [0.2, 0.25) is 0 Å². The summed E-state index contributed by atoms with van der Waals surface area (Å²) in [6.07, 6.45) is 1.80. The first kappa shape index (κ1) is 22.1. The molecule has 0 fully saturated rings. The lowest BCUT2D eigenvalue weighted by atomic mass is 10.1. The molecule has 168 valence electrons. The third-order valence-corrected chi connectivity index (χ3v) is 6.84. The predicted molar refractivity (Wildman–Crippen MR) is 121 cm³/mol. The number of β-amino-alcohol motifs (C(OH)–C–C–N with tert-alkyl or cyclic N) is 1. The van der Waals surface area contributed by atoms with Crippen molar-refractivity contribution in [2.45, 2.75) is 24.5 Å². The molecule has 3 heterocycles. The maximum absolute atomic E-state index is 14.3. The van der Waals surface area contributed by atoms with Gasteiger partial charge < -0.3 is 30.6 Å². The van der Waals surface area contributed by atoms with Crippen LogP contribution in [-0.4, -0.2) is 45.3 Å². The quantitative estimate of drug-likeness (QED) is 0.334. The van der Waals surface area contributed by atoms with Gasteiger partial charge in [0, 0.05) is 65.7 Å². The molecule has 2 aromatic heterocycles. The molecule has 8 nitrogen and oxygen atoms in total. The third kappa shape index (κ3) is 4.04. The van der Waals surface area contributed by atoms with Crippen LogP contribution >= 0.6 is 11.9 Å². The fourth-order valence-electron chi connectivity index (χ4n) is 3.69. The molecule has 0 spiro atoms. The minimum Gasteiger partial charge on any atom is -0.464 e. The Bertz CT molecular complexity index is 1230. The Morgan fingerprint density at radius 3 is 3.00 bits per heavy atom. The number of rotatable bonds is 6. The minimum atomic E-state index is -0.847. The number of aromatic nitrogens is 1. The van der Waals surface area contributed by atoms with Gasteiger partial charge in [-0.25, -0.2) is 8.70 Å². The summed E-state index contributed by atoms with van der Waals surface area (Å²) in [4.78, 5) is 13.7. The van der Waals surface area contributed by atoms with E-state index in [0.29, 0.717) is 46.6 Å². The number of aliphatic hydroxyl groups is 1. The fraction of sp³-hybridized carbons (Fsp3) is 0.273. The van der Waals surface area contributed by atoms with Crippen LogP contribution in [0.1, 0.15) is 21.7 Å². The summed E-state index contributed by atoms with van der Waals surface area (Å²) < 4.78 is 23.3. The summed E-state index contributed by atoms with van der Waals surface area (Å²) in [6.45, 7) is 2.66. The summed E-state index contributed by atoms with van der Waals surface area (Å²) in [7, 11) is 1.79. The first-order chi connectivity index (χ1) is 15.3. The number of aliphatic hydroxyl groups excluding tert-OH is 1. The Kier molecular flexibility index (Phi) is 6.09. The van der Waals surface area contributed by atoms with Crippen LogP contribution in [0.3, 0.4) is 0 Å². The van der Waals surface area contributed by atoms with Crippen molar-refractivity contribution >= 4 is 35.0 Å². The molecule has 3 aromatic rings. The molecule has 1 aliphatic rings. The van der Waals surface area contributed by atoms with Gasteiger partial charge in [0.1, 0.15) is 23.2 Å². The first-order valence-electron chi connectivity index (χ1n) is 9.99. The van der Waals surface area contributed by atoms with E-state index < -0.39 is 11.9 Å². The largest absolute Gasteiger partial charge is 0.464 e. The highest BCUT2D eigenvalue weighted by Gasteiger charge is 2.26. The lowest BCUT2D eigenvalue weighted by Gasteiger charge is -2.30. The second-order valence-electron chi connectivity index (χ2n) is 7.63. The monoisotopic (exact) mass is 457 g/mol. The van der Waals surface area contributed by atoms with E-state index in [9.17, 15) is 14.3 Å². The van der Waals surface area contributed by atoms with Crippen LogP contribution in [0.2, 0.25) is 0 Å².